The maximum atomic E-state index is 13.6. The molecule has 2 amide bonds. The lowest BCUT2D eigenvalue weighted by atomic mass is 10.0. The number of likely N-dealkylation sites (tertiary alicyclic amines) is 2. The Morgan fingerprint density at radius 2 is 1.57 bits per heavy atom. The van der Waals surface area contributed by atoms with E-state index in [9.17, 15) is 9.59 Å². The van der Waals surface area contributed by atoms with Crippen molar-refractivity contribution in [1.82, 2.24) is 25.1 Å². The van der Waals surface area contributed by atoms with Gasteiger partial charge in [-0.3, -0.25) is 9.59 Å². The first-order chi connectivity index (χ1) is 20.4. The van der Waals surface area contributed by atoms with Gasteiger partial charge in [0.15, 0.2) is 0 Å². The molecular formula is C33H46N6O3. The monoisotopic (exact) mass is 574 g/mol. The number of anilines is 1. The van der Waals surface area contributed by atoms with Crippen LogP contribution in [0.15, 0.2) is 30.3 Å². The molecule has 1 aromatic heterocycles. The van der Waals surface area contributed by atoms with Crippen molar-refractivity contribution < 1.29 is 14.3 Å². The van der Waals surface area contributed by atoms with Gasteiger partial charge in [0.2, 0.25) is 11.9 Å². The highest BCUT2D eigenvalue weighted by atomic mass is 16.5. The van der Waals surface area contributed by atoms with E-state index < -0.39 is 0 Å². The molecule has 9 heteroatoms. The molecule has 1 aromatic carbocycles. The van der Waals surface area contributed by atoms with Crippen LogP contribution in [0, 0.1) is 31.6 Å². The van der Waals surface area contributed by atoms with Crippen molar-refractivity contribution >= 4 is 17.8 Å². The number of carbonyl (C=O) groups is 2. The number of amides is 2. The van der Waals surface area contributed by atoms with Gasteiger partial charge in [0.25, 0.3) is 5.91 Å². The van der Waals surface area contributed by atoms with E-state index in [1.165, 1.54) is 5.56 Å². The first-order valence-electron chi connectivity index (χ1n) is 16.0. The van der Waals surface area contributed by atoms with Crippen LogP contribution in [0.5, 0.6) is 0 Å². The topological polar surface area (TPSA) is 99.7 Å². The number of rotatable bonds is 9. The number of fused-ring (bicyclic) bond motifs is 1. The summed E-state index contributed by atoms with van der Waals surface area (Å²) in [6.07, 6.45) is 7.13. The molecule has 4 aliphatic rings. The van der Waals surface area contributed by atoms with Crippen molar-refractivity contribution in [3.8, 4) is 0 Å². The molecule has 0 spiro atoms. The standard InChI is InChI=1S/C33H46N6O3/c1-22-30(23(2)35-33(34-22)36-28-13-16-42-17-14-28)32(41)39-20-26-18-38(19-27(26)21-39)15-12-29(24-8-4-3-5-9-24)37-31(40)25-10-6-7-11-25/h3-5,8-9,25-29H,6-7,10-21H2,1-2H3,(H,37,40)(H,34,35,36)/t26-,27?,29?/m0/s1. The van der Waals surface area contributed by atoms with Crippen LogP contribution >= 0.6 is 0 Å². The molecule has 1 aliphatic carbocycles. The van der Waals surface area contributed by atoms with Gasteiger partial charge in [0, 0.05) is 57.9 Å². The summed E-state index contributed by atoms with van der Waals surface area (Å²) in [4.78, 5) is 40.5. The summed E-state index contributed by atoms with van der Waals surface area (Å²) in [7, 11) is 0. The van der Waals surface area contributed by atoms with Crippen LogP contribution < -0.4 is 10.6 Å². The molecule has 9 nitrogen and oxygen atoms in total. The van der Waals surface area contributed by atoms with E-state index >= 15 is 0 Å². The second-order valence-electron chi connectivity index (χ2n) is 12.9. The minimum atomic E-state index is 0.0349. The normalized spacial score (nSPS) is 24.1. The summed E-state index contributed by atoms with van der Waals surface area (Å²) < 4.78 is 5.45. The highest BCUT2D eigenvalue weighted by Gasteiger charge is 2.42. The predicted molar refractivity (Wildman–Crippen MR) is 162 cm³/mol. The Bertz CT molecular complexity index is 1210. The van der Waals surface area contributed by atoms with Gasteiger partial charge in [-0.05, 0) is 63.4 Å². The zero-order valence-corrected chi connectivity index (χ0v) is 25.2. The van der Waals surface area contributed by atoms with Gasteiger partial charge in [0.05, 0.1) is 23.0 Å². The van der Waals surface area contributed by atoms with Gasteiger partial charge >= 0.3 is 0 Å². The van der Waals surface area contributed by atoms with Gasteiger partial charge in [-0.2, -0.15) is 0 Å². The minimum Gasteiger partial charge on any atom is -0.381 e. The molecule has 42 heavy (non-hydrogen) atoms. The van der Waals surface area contributed by atoms with E-state index in [0.717, 1.165) is 102 Å². The number of nitrogens with one attached hydrogen (secondary N) is 2. The summed E-state index contributed by atoms with van der Waals surface area (Å²) in [6.45, 7) is 9.84. The summed E-state index contributed by atoms with van der Waals surface area (Å²) in [5.41, 5.74) is 3.31. The second kappa shape index (κ2) is 13.1. The zero-order chi connectivity index (χ0) is 29.1. The van der Waals surface area contributed by atoms with Crippen LogP contribution in [0.2, 0.25) is 0 Å². The number of aromatic nitrogens is 2. The summed E-state index contributed by atoms with van der Waals surface area (Å²) in [6, 6.07) is 10.7. The SMILES string of the molecule is Cc1nc(NC2CCOCC2)nc(C)c1C(=O)N1CC2CN(CCC(NC(=O)C3CCCC3)c3ccccc3)C[C@H]2C1. The molecule has 3 atom stereocenters. The highest BCUT2D eigenvalue weighted by molar-refractivity contribution is 5.96. The van der Waals surface area contributed by atoms with E-state index in [1.807, 2.05) is 24.8 Å². The fourth-order valence-corrected chi connectivity index (χ4v) is 7.51. The third kappa shape index (κ3) is 6.62. The first-order valence-corrected chi connectivity index (χ1v) is 16.0. The van der Waals surface area contributed by atoms with Crippen LogP contribution in [-0.4, -0.2) is 83.6 Å². The molecule has 226 valence electrons. The van der Waals surface area contributed by atoms with Gasteiger partial charge in [-0.25, -0.2) is 9.97 Å². The van der Waals surface area contributed by atoms with Crippen LogP contribution in [0.25, 0.3) is 0 Å². The summed E-state index contributed by atoms with van der Waals surface area (Å²) >= 11 is 0. The third-order valence-corrected chi connectivity index (χ3v) is 9.87. The quantitative estimate of drug-likeness (QED) is 0.465. The first kappa shape index (κ1) is 29.1. The van der Waals surface area contributed by atoms with E-state index in [1.54, 1.807) is 0 Å². The lowest BCUT2D eigenvalue weighted by Gasteiger charge is -2.26. The van der Waals surface area contributed by atoms with Gasteiger partial charge in [-0.15, -0.1) is 0 Å². The van der Waals surface area contributed by atoms with Crippen molar-refractivity contribution in [3.63, 3.8) is 0 Å². The van der Waals surface area contributed by atoms with E-state index in [0.29, 0.717) is 29.4 Å². The smallest absolute Gasteiger partial charge is 0.257 e. The summed E-state index contributed by atoms with van der Waals surface area (Å²) in [5, 5.41) is 6.82. The molecule has 0 radical (unpaired) electrons. The van der Waals surface area contributed by atoms with Crippen molar-refractivity contribution in [1.29, 1.82) is 0 Å². The fourth-order valence-electron chi connectivity index (χ4n) is 7.51. The van der Waals surface area contributed by atoms with Crippen LogP contribution in [0.4, 0.5) is 5.95 Å². The largest absolute Gasteiger partial charge is 0.381 e. The fraction of sp³-hybridized carbons (Fsp3) is 0.636. The predicted octanol–water partition coefficient (Wildman–Crippen LogP) is 4.13. The number of hydrogen-bond donors (Lipinski definition) is 2. The number of hydrogen-bond acceptors (Lipinski definition) is 7. The zero-order valence-electron chi connectivity index (χ0n) is 25.2. The molecular weight excluding hydrogens is 528 g/mol. The Morgan fingerprint density at radius 3 is 2.21 bits per heavy atom. The Morgan fingerprint density at radius 1 is 0.929 bits per heavy atom. The molecule has 2 N–H and O–H groups in total. The van der Waals surface area contributed by atoms with E-state index in [4.69, 9.17) is 4.74 Å². The third-order valence-electron chi connectivity index (χ3n) is 9.87. The number of nitrogens with zero attached hydrogens (tertiary/aromatic N) is 4. The average Bonchev–Trinajstić information content (AvgIpc) is 3.73. The molecule has 3 saturated heterocycles. The van der Waals surface area contributed by atoms with Crippen molar-refractivity contribution in [3.05, 3.63) is 52.8 Å². The maximum Gasteiger partial charge on any atom is 0.257 e. The Hall–Kier alpha value is -3.04. The minimum absolute atomic E-state index is 0.0349. The van der Waals surface area contributed by atoms with E-state index in [2.05, 4.69) is 49.8 Å². The highest BCUT2D eigenvalue weighted by Crippen LogP contribution is 2.33. The molecule has 2 unspecified atom stereocenters. The number of aryl methyl sites for hydroxylation is 2. The Labute approximate surface area is 249 Å². The number of carbonyl (C=O) groups excluding carboxylic acids is 2. The molecule has 4 heterocycles. The van der Waals surface area contributed by atoms with E-state index in [-0.39, 0.29) is 23.8 Å². The van der Waals surface area contributed by atoms with Crippen molar-refractivity contribution in [2.45, 2.75) is 70.9 Å². The Balaban J connectivity index is 1.03. The number of ether oxygens (including phenoxy) is 1. The van der Waals surface area contributed by atoms with Crippen molar-refractivity contribution in [2.24, 2.45) is 17.8 Å². The lowest BCUT2D eigenvalue weighted by Crippen LogP contribution is -2.37. The average molecular weight is 575 g/mol. The van der Waals surface area contributed by atoms with Crippen molar-refractivity contribution in [2.75, 3.05) is 51.3 Å². The maximum absolute atomic E-state index is 13.6. The van der Waals surface area contributed by atoms with Gasteiger partial charge in [0.1, 0.15) is 0 Å². The van der Waals surface area contributed by atoms with Crippen LogP contribution in [0.3, 0.4) is 0 Å². The van der Waals surface area contributed by atoms with Gasteiger partial charge in [-0.1, -0.05) is 43.2 Å². The van der Waals surface area contributed by atoms with Gasteiger partial charge < -0.3 is 25.2 Å². The molecule has 6 rings (SSSR count). The number of benzene rings is 1. The molecule has 1 saturated carbocycles. The Kier molecular flexibility index (Phi) is 9.05. The molecule has 2 aromatic rings. The lowest BCUT2D eigenvalue weighted by molar-refractivity contribution is -0.125. The second-order valence-corrected chi connectivity index (χ2v) is 12.9. The van der Waals surface area contributed by atoms with Crippen LogP contribution in [-0.2, 0) is 9.53 Å². The molecule has 4 fully saturated rings. The summed E-state index contributed by atoms with van der Waals surface area (Å²) in [5.74, 6) is 2.01. The molecule has 3 aliphatic heterocycles. The van der Waals surface area contributed by atoms with Crippen LogP contribution in [0.1, 0.15) is 78.3 Å². The molecule has 0 bridgehead atoms.